The largest absolute Gasteiger partial charge is 0.542 e. The van der Waals surface area contributed by atoms with E-state index < -0.39 is 23.5 Å². The first-order chi connectivity index (χ1) is 18.9. The van der Waals surface area contributed by atoms with Crippen molar-refractivity contribution in [3.63, 3.8) is 0 Å². The number of hydrogen-bond donors (Lipinski definition) is 1. The SMILES string of the molecule is CN(C)c1ccc(-c2oc3c(OCC[NH3+])cccc3c(=O)c2OC(=O)c2ccccc2)cc1.O=C([O-])C(F)(F)F. The van der Waals surface area contributed by atoms with Gasteiger partial charge in [0.05, 0.1) is 10.9 Å². The summed E-state index contributed by atoms with van der Waals surface area (Å²) in [7, 11) is 3.87. The van der Waals surface area contributed by atoms with Crippen molar-refractivity contribution in [3.05, 3.63) is 88.6 Å². The number of carbonyl (C=O) groups excluding carboxylic acids is 2. The van der Waals surface area contributed by atoms with Crippen molar-refractivity contribution >= 4 is 28.6 Å². The van der Waals surface area contributed by atoms with Gasteiger partial charge < -0.3 is 34.4 Å². The molecule has 3 aromatic carbocycles. The predicted octanol–water partition coefficient (Wildman–Crippen LogP) is 2.66. The molecule has 9 nitrogen and oxygen atoms in total. The van der Waals surface area contributed by atoms with Crippen LogP contribution in [0.15, 0.2) is 82.0 Å². The van der Waals surface area contributed by atoms with Gasteiger partial charge in [0.2, 0.25) is 11.2 Å². The van der Waals surface area contributed by atoms with Gasteiger partial charge in [0.15, 0.2) is 17.1 Å². The highest BCUT2D eigenvalue weighted by molar-refractivity contribution is 5.93. The number of carbonyl (C=O) groups is 2. The molecule has 210 valence electrons. The lowest BCUT2D eigenvalue weighted by Gasteiger charge is -2.15. The van der Waals surface area contributed by atoms with E-state index in [1.807, 2.05) is 43.3 Å². The van der Waals surface area contributed by atoms with Crippen LogP contribution in [0, 0.1) is 0 Å². The van der Waals surface area contributed by atoms with E-state index in [2.05, 4.69) is 5.73 Å². The molecule has 4 aromatic rings. The summed E-state index contributed by atoms with van der Waals surface area (Å²) in [5, 5.41) is 9.05. The first-order valence-electron chi connectivity index (χ1n) is 11.8. The lowest BCUT2D eigenvalue weighted by molar-refractivity contribution is -0.370. The zero-order valence-electron chi connectivity index (χ0n) is 21.5. The van der Waals surface area contributed by atoms with Crippen LogP contribution in [0.5, 0.6) is 11.5 Å². The van der Waals surface area contributed by atoms with Crippen molar-refractivity contribution in [1.82, 2.24) is 0 Å². The smallest absolute Gasteiger partial charge is 0.430 e. The zero-order valence-corrected chi connectivity index (χ0v) is 21.5. The molecule has 0 saturated heterocycles. The number of fused-ring (bicyclic) bond motifs is 1. The molecule has 0 bridgehead atoms. The van der Waals surface area contributed by atoms with Gasteiger partial charge in [0, 0.05) is 25.3 Å². The number of aliphatic carboxylic acids is 1. The molecule has 40 heavy (non-hydrogen) atoms. The third-order valence-corrected chi connectivity index (χ3v) is 5.32. The van der Waals surface area contributed by atoms with Gasteiger partial charge in [0.1, 0.15) is 19.1 Å². The van der Waals surface area contributed by atoms with Crippen LogP contribution in [0.3, 0.4) is 0 Å². The van der Waals surface area contributed by atoms with Crippen LogP contribution in [-0.4, -0.2) is 45.4 Å². The normalized spacial score (nSPS) is 10.8. The molecule has 0 aliphatic heterocycles. The van der Waals surface area contributed by atoms with Gasteiger partial charge in [0.25, 0.3) is 0 Å². The zero-order chi connectivity index (χ0) is 29.4. The number of anilines is 1. The van der Waals surface area contributed by atoms with Gasteiger partial charge in [-0.25, -0.2) is 4.79 Å². The van der Waals surface area contributed by atoms with E-state index in [0.29, 0.717) is 35.6 Å². The summed E-state index contributed by atoms with van der Waals surface area (Å²) in [5.74, 6) is -3.22. The van der Waals surface area contributed by atoms with E-state index >= 15 is 0 Å². The number of alkyl halides is 3. The Kier molecular flexibility index (Phi) is 9.51. The second-order valence-electron chi connectivity index (χ2n) is 8.41. The first-order valence-corrected chi connectivity index (χ1v) is 11.8. The number of ether oxygens (including phenoxy) is 2. The summed E-state index contributed by atoms with van der Waals surface area (Å²) in [4.78, 5) is 37.0. The van der Waals surface area contributed by atoms with Crippen molar-refractivity contribution in [2.45, 2.75) is 6.18 Å². The molecule has 0 aliphatic carbocycles. The van der Waals surface area contributed by atoms with Gasteiger partial charge in [-0.05, 0) is 48.5 Å². The minimum absolute atomic E-state index is 0.160. The number of esters is 1. The average Bonchev–Trinajstić information content (AvgIpc) is 2.93. The van der Waals surface area contributed by atoms with Crippen LogP contribution in [0.2, 0.25) is 0 Å². The lowest BCUT2D eigenvalue weighted by Crippen LogP contribution is -2.52. The van der Waals surface area contributed by atoms with E-state index in [0.717, 1.165) is 5.69 Å². The first kappa shape index (κ1) is 29.7. The Morgan fingerprint density at radius 1 is 0.975 bits per heavy atom. The highest BCUT2D eigenvalue weighted by atomic mass is 19.4. The van der Waals surface area contributed by atoms with Gasteiger partial charge in [-0.3, -0.25) is 4.79 Å². The molecule has 3 N–H and O–H groups in total. The number of benzene rings is 3. The highest BCUT2D eigenvalue weighted by Gasteiger charge is 2.29. The maximum atomic E-state index is 13.5. The molecule has 0 fully saturated rings. The fourth-order valence-electron chi connectivity index (χ4n) is 3.39. The highest BCUT2D eigenvalue weighted by Crippen LogP contribution is 2.35. The van der Waals surface area contributed by atoms with Gasteiger partial charge >= 0.3 is 12.1 Å². The van der Waals surface area contributed by atoms with E-state index in [4.69, 9.17) is 23.8 Å². The summed E-state index contributed by atoms with van der Waals surface area (Å²) in [5.41, 5.74) is 5.53. The molecular formula is C28H25F3N2O7. The molecule has 0 amide bonds. The van der Waals surface area contributed by atoms with Crippen molar-refractivity contribution in [2.75, 3.05) is 32.1 Å². The Hall–Kier alpha value is -4.84. The molecule has 1 aromatic heterocycles. The molecule has 0 unspecified atom stereocenters. The molecule has 1 heterocycles. The third kappa shape index (κ3) is 7.17. The van der Waals surface area contributed by atoms with E-state index in [1.54, 1.807) is 48.5 Å². The fourth-order valence-corrected chi connectivity index (χ4v) is 3.39. The number of hydrogen-bond acceptors (Lipinski definition) is 8. The number of carboxylic acids is 1. The third-order valence-electron chi connectivity index (χ3n) is 5.32. The summed E-state index contributed by atoms with van der Waals surface area (Å²) in [6, 6.07) is 21.0. The van der Waals surface area contributed by atoms with E-state index in [-0.39, 0.29) is 16.9 Å². The van der Waals surface area contributed by atoms with E-state index in [1.165, 1.54) is 0 Å². The second-order valence-corrected chi connectivity index (χ2v) is 8.41. The number of para-hydroxylation sites is 1. The minimum atomic E-state index is -5.19. The van der Waals surface area contributed by atoms with Crippen LogP contribution in [-0.2, 0) is 4.79 Å². The summed E-state index contributed by atoms with van der Waals surface area (Å²) in [6.07, 6.45) is -5.19. The summed E-state index contributed by atoms with van der Waals surface area (Å²) in [6.45, 7) is 0.937. The van der Waals surface area contributed by atoms with Crippen LogP contribution < -0.4 is 30.6 Å². The molecule has 0 aliphatic rings. The summed E-state index contributed by atoms with van der Waals surface area (Å²) < 4.78 is 49.1. The topological polar surface area (TPSA) is 137 Å². The van der Waals surface area contributed by atoms with Crippen LogP contribution >= 0.6 is 0 Å². The number of quaternary nitrogens is 1. The maximum absolute atomic E-state index is 13.5. The van der Waals surface area contributed by atoms with Crippen molar-refractivity contribution in [1.29, 1.82) is 0 Å². The number of rotatable bonds is 7. The molecule has 0 radical (unpaired) electrons. The number of nitrogens with zero attached hydrogens (tertiary/aromatic N) is 1. The van der Waals surface area contributed by atoms with Crippen molar-refractivity contribution < 1.29 is 47.5 Å². The Balaban J connectivity index is 0.000000559. The molecular weight excluding hydrogens is 533 g/mol. The Bertz CT molecular complexity index is 1530. The Labute approximate surface area is 226 Å². The quantitative estimate of drug-likeness (QED) is 0.342. The summed E-state index contributed by atoms with van der Waals surface area (Å²) >= 11 is 0. The maximum Gasteiger partial charge on any atom is 0.430 e. The molecule has 12 heteroatoms. The Morgan fingerprint density at radius 2 is 1.60 bits per heavy atom. The molecule has 0 spiro atoms. The Morgan fingerprint density at radius 3 is 2.15 bits per heavy atom. The lowest BCUT2D eigenvalue weighted by atomic mass is 10.1. The standard InChI is InChI=1S/C26H24N2O5.C2HF3O2/c1-28(2)19-13-11-17(12-14-19)23-25(33-26(30)18-7-4-3-5-8-18)22(29)20-9-6-10-21(24(20)32-23)31-16-15-27;3-2(4,5)1(6)7/h3-14H,15-16,27H2,1-2H3;(H,6,7). The van der Waals surface area contributed by atoms with Crippen LogP contribution in [0.1, 0.15) is 10.4 Å². The van der Waals surface area contributed by atoms with Crippen LogP contribution in [0.4, 0.5) is 18.9 Å². The molecule has 0 atom stereocenters. The minimum Gasteiger partial charge on any atom is -0.542 e. The van der Waals surface area contributed by atoms with Gasteiger partial charge in [-0.15, -0.1) is 0 Å². The number of halogens is 3. The molecule has 4 rings (SSSR count). The fraction of sp³-hybridized carbons (Fsp3) is 0.179. The monoisotopic (exact) mass is 558 g/mol. The van der Waals surface area contributed by atoms with Crippen molar-refractivity contribution in [3.8, 4) is 22.8 Å². The predicted molar refractivity (Wildman–Crippen MR) is 138 cm³/mol. The van der Waals surface area contributed by atoms with E-state index in [9.17, 15) is 22.8 Å². The van der Waals surface area contributed by atoms with Gasteiger partial charge in [-0.2, -0.15) is 13.2 Å². The van der Waals surface area contributed by atoms with Crippen LogP contribution in [0.25, 0.3) is 22.3 Å². The van der Waals surface area contributed by atoms with Crippen molar-refractivity contribution in [2.24, 2.45) is 0 Å². The average molecular weight is 559 g/mol. The molecule has 0 saturated carbocycles. The van der Waals surface area contributed by atoms with Gasteiger partial charge in [-0.1, -0.05) is 24.3 Å². The number of carboxylic acid groups (broad SMARTS) is 1. The second kappa shape index (κ2) is 12.8.